The number of hydrogen-bond donors (Lipinski definition) is 2. The van der Waals surface area contributed by atoms with E-state index in [2.05, 4.69) is 17.4 Å². The summed E-state index contributed by atoms with van der Waals surface area (Å²) in [5.74, 6) is 0.824. The van der Waals surface area contributed by atoms with E-state index in [0.29, 0.717) is 24.5 Å². The average Bonchev–Trinajstić information content (AvgIpc) is 2.89. The van der Waals surface area contributed by atoms with Crippen LogP contribution < -0.4 is 10.1 Å². The van der Waals surface area contributed by atoms with Gasteiger partial charge in [-0.1, -0.05) is 72.8 Å². The molecular weight excluding hydrogens is 482 g/mol. The summed E-state index contributed by atoms with van der Waals surface area (Å²) in [5.41, 5.74) is 1.48. The molecule has 0 radical (unpaired) electrons. The number of nitrogens with one attached hydrogen (secondary N) is 1. The normalized spacial score (nSPS) is 12.6. The number of carbonyl (C=O) groups excluding carboxylic acids is 1. The number of amides is 1. The second-order valence-electron chi connectivity index (χ2n) is 8.37. The second kappa shape index (κ2) is 13.4. The van der Waals surface area contributed by atoms with Crippen LogP contribution in [0.1, 0.15) is 37.3 Å². The van der Waals surface area contributed by atoms with E-state index in [1.54, 1.807) is 11.8 Å². The van der Waals surface area contributed by atoms with Gasteiger partial charge >= 0.3 is 6.09 Å². The molecule has 186 valence electrons. The van der Waals surface area contributed by atoms with Gasteiger partial charge in [-0.05, 0) is 67.1 Å². The predicted octanol–water partition coefficient (Wildman–Crippen LogP) is 6.89. The smallest absolute Gasteiger partial charge is 0.407 e. The summed E-state index contributed by atoms with van der Waals surface area (Å²) in [4.78, 5) is 13.8. The first-order valence-electron chi connectivity index (χ1n) is 11.7. The highest BCUT2D eigenvalue weighted by Crippen LogP contribution is 2.33. The topological polar surface area (TPSA) is 67.8 Å². The van der Waals surface area contributed by atoms with Crippen molar-refractivity contribution in [3.05, 3.63) is 88.9 Å². The van der Waals surface area contributed by atoms with Gasteiger partial charge in [-0.15, -0.1) is 0 Å². The van der Waals surface area contributed by atoms with Crippen molar-refractivity contribution in [3.8, 4) is 5.75 Å². The predicted molar refractivity (Wildman–Crippen MR) is 141 cm³/mol. The zero-order valence-electron chi connectivity index (χ0n) is 20.1. The van der Waals surface area contributed by atoms with Crippen molar-refractivity contribution in [1.29, 1.82) is 0 Å². The van der Waals surface area contributed by atoms with Crippen molar-refractivity contribution in [2.45, 2.75) is 54.5 Å². The monoisotopic (exact) mass is 513 g/mol. The number of alkyl carbamates (subject to hydrolysis) is 1. The maximum atomic E-state index is 11.7. The molecule has 5 nitrogen and oxygen atoms in total. The highest BCUT2D eigenvalue weighted by Gasteiger charge is 2.29. The highest BCUT2D eigenvalue weighted by atomic mass is 35.5. The maximum absolute atomic E-state index is 11.7. The lowest BCUT2D eigenvalue weighted by molar-refractivity contribution is 0.116. The lowest BCUT2D eigenvalue weighted by atomic mass is 9.89. The van der Waals surface area contributed by atoms with Crippen molar-refractivity contribution in [1.82, 2.24) is 5.32 Å². The summed E-state index contributed by atoms with van der Waals surface area (Å²) in [5, 5.41) is 13.3. The minimum absolute atomic E-state index is 0.143. The third-order valence-corrected chi connectivity index (χ3v) is 7.28. The molecule has 0 saturated carbocycles. The third-order valence-electron chi connectivity index (χ3n) is 5.95. The molecule has 3 aromatic carbocycles. The number of ether oxygens (including phenoxy) is 2. The van der Waals surface area contributed by atoms with Gasteiger partial charge in [0.1, 0.15) is 12.4 Å². The van der Waals surface area contributed by atoms with E-state index < -0.39 is 11.6 Å². The Morgan fingerprint density at radius 3 is 2.51 bits per heavy atom. The van der Waals surface area contributed by atoms with E-state index in [4.69, 9.17) is 21.1 Å². The lowest BCUT2D eigenvalue weighted by Crippen LogP contribution is -2.51. The van der Waals surface area contributed by atoms with Crippen molar-refractivity contribution >= 4 is 29.5 Å². The van der Waals surface area contributed by atoms with Crippen LogP contribution in [-0.4, -0.2) is 30.5 Å². The van der Waals surface area contributed by atoms with Gasteiger partial charge in [-0.2, -0.15) is 0 Å². The summed E-state index contributed by atoms with van der Waals surface area (Å²) in [6, 6.07) is 24.2. The fraction of sp³-hybridized carbons (Fsp3) is 0.321. The summed E-state index contributed by atoms with van der Waals surface area (Å²) < 4.78 is 10.6. The van der Waals surface area contributed by atoms with Crippen molar-refractivity contribution < 1.29 is 19.4 Å². The molecule has 0 aliphatic rings. The fourth-order valence-corrected chi connectivity index (χ4v) is 4.99. The Morgan fingerprint density at radius 2 is 1.83 bits per heavy atom. The summed E-state index contributed by atoms with van der Waals surface area (Å²) >= 11 is 8.22. The molecule has 3 rings (SSSR count). The van der Waals surface area contributed by atoms with E-state index in [1.807, 2.05) is 67.6 Å². The molecule has 0 aliphatic carbocycles. The Bertz CT molecular complexity index is 1090. The SMILES string of the molecule is CCC(CO)(CCCc1ccc(Sc2cccc(OCc3ccccc3)c2)cc1Cl)NC(=O)OC. The first-order chi connectivity index (χ1) is 17.0. The van der Waals surface area contributed by atoms with Gasteiger partial charge in [0.15, 0.2) is 0 Å². The minimum atomic E-state index is -0.692. The molecule has 0 bridgehead atoms. The van der Waals surface area contributed by atoms with E-state index in [-0.39, 0.29) is 6.61 Å². The number of hydrogen-bond acceptors (Lipinski definition) is 5. The minimum Gasteiger partial charge on any atom is -0.489 e. The van der Waals surface area contributed by atoms with Crippen LogP contribution in [0.25, 0.3) is 0 Å². The van der Waals surface area contributed by atoms with Crippen molar-refractivity contribution in [2.75, 3.05) is 13.7 Å². The first-order valence-corrected chi connectivity index (χ1v) is 12.9. The molecule has 1 amide bonds. The molecule has 7 heteroatoms. The molecule has 35 heavy (non-hydrogen) atoms. The lowest BCUT2D eigenvalue weighted by Gasteiger charge is -2.31. The number of benzene rings is 3. The van der Waals surface area contributed by atoms with Gasteiger partial charge in [0, 0.05) is 14.8 Å². The molecule has 0 aliphatic heterocycles. The van der Waals surface area contributed by atoms with Gasteiger partial charge in [0.2, 0.25) is 0 Å². The van der Waals surface area contributed by atoms with Crippen LogP contribution in [0.2, 0.25) is 5.02 Å². The molecule has 3 aromatic rings. The zero-order chi connectivity index (χ0) is 25.1. The molecule has 0 fully saturated rings. The van der Waals surface area contributed by atoms with Gasteiger partial charge in [0.25, 0.3) is 0 Å². The summed E-state index contributed by atoms with van der Waals surface area (Å²) in [6.45, 7) is 2.32. The van der Waals surface area contributed by atoms with Crippen LogP contribution in [0.4, 0.5) is 4.79 Å². The molecule has 2 N–H and O–H groups in total. The molecule has 0 spiro atoms. The van der Waals surface area contributed by atoms with E-state index >= 15 is 0 Å². The van der Waals surface area contributed by atoms with Crippen LogP contribution in [-0.2, 0) is 17.8 Å². The molecule has 1 atom stereocenters. The van der Waals surface area contributed by atoms with E-state index in [9.17, 15) is 9.90 Å². The molecular formula is C28H32ClNO4S. The molecule has 1 unspecified atom stereocenters. The highest BCUT2D eigenvalue weighted by molar-refractivity contribution is 7.99. The Balaban J connectivity index is 1.56. The van der Waals surface area contributed by atoms with Crippen LogP contribution in [0, 0.1) is 0 Å². The standard InChI is InChI=1S/C28H32ClNO4S/c1-3-28(20-31,30-27(32)33-2)16-8-11-22-14-15-25(18-26(22)29)35-24-13-7-12-23(17-24)34-19-21-9-5-4-6-10-21/h4-7,9-10,12-15,17-18,31H,3,8,11,16,19-20H2,1-2H3,(H,30,32). The van der Waals surface area contributed by atoms with Crippen molar-refractivity contribution in [3.63, 3.8) is 0 Å². The number of aliphatic hydroxyl groups is 1. The Kier molecular flexibility index (Phi) is 10.3. The number of aryl methyl sites for hydroxylation is 1. The van der Waals surface area contributed by atoms with Crippen LogP contribution >= 0.6 is 23.4 Å². The summed E-state index contributed by atoms with van der Waals surface area (Å²) in [6.07, 6.45) is 2.21. The Hall–Kier alpha value is -2.67. The van der Waals surface area contributed by atoms with E-state index in [1.165, 1.54) is 7.11 Å². The number of halogens is 1. The van der Waals surface area contributed by atoms with E-state index in [0.717, 1.165) is 39.5 Å². The second-order valence-corrected chi connectivity index (χ2v) is 9.92. The first kappa shape index (κ1) is 26.9. The Labute approximate surface area is 216 Å². The van der Waals surface area contributed by atoms with Gasteiger partial charge in [-0.25, -0.2) is 4.79 Å². The largest absolute Gasteiger partial charge is 0.489 e. The Morgan fingerprint density at radius 1 is 1.06 bits per heavy atom. The average molecular weight is 514 g/mol. The van der Waals surface area contributed by atoms with Crippen LogP contribution in [0.15, 0.2) is 82.6 Å². The number of methoxy groups -OCH3 is 1. The van der Waals surface area contributed by atoms with Gasteiger partial charge < -0.3 is 19.9 Å². The van der Waals surface area contributed by atoms with Crippen LogP contribution in [0.3, 0.4) is 0 Å². The molecule has 0 saturated heterocycles. The van der Waals surface area contributed by atoms with Gasteiger partial charge in [0.05, 0.1) is 19.3 Å². The molecule has 0 heterocycles. The summed E-state index contributed by atoms with van der Waals surface area (Å²) in [7, 11) is 1.32. The number of aliphatic hydroxyl groups excluding tert-OH is 1. The molecule has 0 aromatic heterocycles. The maximum Gasteiger partial charge on any atom is 0.407 e. The fourth-order valence-electron chi connectivity index (χ4n) is 3.74. The zero-order valence-corrected chi connectivity index (χ0v) is 21.7. The number of rotatable bonds is 12. The number of carbonyl (C=O) groups is 1. The van der Waals surface area contributed by atoms with Gasteiger partial charge in [-0.3, -0.25) is 0 Å². The third kappa shape index (κ3) is 8.20. The van der Waals surface area contributed by atoms with Crippen LogP contribution in [0.5, 0.6) is 5.75 Å². The van der Waals surface area contributed by atoms with Crippen molar-refractivity contribution in [2.24, 2.45) is 0 Å². The quantitative estimate of drug-likeness (QED) is 0.276.